The van der Waals surface area contributed by atoms with Crippen molar-refractivity contribution in [1.29, 1.82) is 0 Å². The molecule has 0 aliphatic carbocycles. The number of H-pyrrole nitrogens is 1. The number of fused-ring (bicyclic) bond motifs is 2. The van der Waals surface area contributed by atoms with E-state index in [4.69, 9.17) is 13.9 Å². The Kier molecular flexibility index (Phi) is 8.06. The van der Waals surface area contributed by atoms with Gasteiger partial charge in [-0.1, -0.05) is 13.3 Å². The van der Waals surface area contributed by atoms with Crippen LogP contribution in [0.4, 0.5) is 0 Å². The zero-order chi connectivity index (χ0) is 29.5. The van der Waals surface area contributed by atoms with Crippen molar-refractivity contribution in [2.45, 2.75) is 91.5 Å². The largest absolute Gasteiger partial charge is 0.472 e. The van der Waals surface area contributed by atoms with E-state index in [9.17, 15) is 9.59 Å². The maximum atomic E-state index is 14.1. The smallest absolute Gasteiger partial charge is 0.254 e. The number of aryl methyl sites for hydroxylation is 2. The predicted octanol–water partition coefficient (Wildman–Crippen LogP) is 6.15. The molecular formula is C33H43N3O5. The summed E-state index contributed by atoms with van der Waals surface area (Å²) < 4.78 is 18.7. The van der Waals surface area contributed by atoms with Gasteiger partial charge in [-0.2, -0.15) is 0 Å². The first-order valence-electron chi connectivity index (χ1n) is 14.8. The van der Waals surface area contributed by atoms with Gasteiger partial charge in [-0.15, -0.1) is 0 Å². The number of ether oxygens (including phenoxy) is 2. The molecule has 8 heteroatoms. The Morgan fingerprint density at radius 2 is 1.85 bits per heavy atom. The minimum absolute atomic E-state index is 0.0961. The van der Waals surface area contributed by atoms with Crippen LogP contribution in [-0.4, -0.2) is 53.2 Å². The van der Waals surface area contributed by atoms with E-state index in [1.807, 2.05) is 39.8 Å². The fourth-order valence-electron chi connectivity index (χ4n) is 6.49. The quantitative estimate of drug-likeness (QED) is 0.320. The average molecular weight is 562 g/mol. The molecule has 2 aliphatic rings. The number of aromatic nitrogens is 1. The molecule has 1 aromatic carbocycles. The topological polar surface area (TPSA) is 88.0 Å². The van der Waals surface area contributed by atoms with Gasteiger partial charge in [-0.3, -0.25) is 9.59 Å². The molecule has 1 N–H and O–H groups in total. The molecular weight excluding hydrogens is 518 g/mol. The van der Waals surface area contributed by atoms with Gasteiger partial charge in [0.05, 0.1) is 24.6 Å². The van der Waals surface area contributed by atoms with Crippen LogP contribution < -0.4 is 15.0 Å². The number of nitrogens with zero attached hydrogens (tertiary/aromatic N) is 2. The van der Waals surface area contributed by atoms with E-state index in [2.05, 4.69) is 30.9 Å². The van der Waals surface area contributed by atoms with Gasteiger partial charge in [0.15, 0.2) is 11.5 Å². The molecule has 1 amide bonds. The lowest BCUT2D eigenvalue weighted by Crippen LogP contribution is -2.39. The van der Waals surface area contributed by atoms with Crippen LogP contribution in [-0.2, 0) is 13.0 Å². The van der Waals surface area contributed by atoms with Crippen molar-refractivity contribution < 1.29 is 18.7 Å². The molecule has 0 spiro atoms. The number of rotatable bonds is 10. The first kappa shape index (κ1) is 29.0. The Hall–Kier alpha value is -3.52. The number of amides is 1. The SMILES string of the molecule is CCC[C@H](CCC[C@]1(C)Oc2c(C)c3c(c(-c4ccoc4)c2O1)CCN(Cc1c(C)cc(C)[nH]c1=O)C3=O)N(C)C. The van der Waals surface area contributed by atoms with Gasteiger partial charge in [-0.05, 0) is 83.8 Å². The second kappa shape index (κ2) is 11.4. The summed E-state index contributed by atoms with van der Waals surface area (Å²) in [4.78, 5) is 33.8. The van der Waals surface area contributed by atoms with E-state index in [1.165, 1.54) is 0 Å². The van der Waals surface area contributed by atoms with Crippen molar-refractivity contribution in [3.63, 3.8) is 0 Å². The van der Waals surface area contributed by atoms with Crippen LogP contribution in [0.15, 0.2) is 33.9 Å². The fraction of sp³-hybridized carbons (Fsp3) is 0.515. The lowest BCUT2D eigenvalue weighted by molar-refractivity contribution is -0.0704. The minimum Gasteiger partial charge on any atom is -0.472 e. The highest BCUT2D eigenvalue weighted by atomic mass is 16.7. The number of aromatic amines is 1. The third kappa shape index (κ3) is 5.54. The standard InChI is InChI=1S/C33H43N3O5/c1-8-10-24(35(6)7)11-9-14-33(5)40-29-22(4)27-25(28(30(29)41-33)23-13-16-39-19-23)12-15-36(32(27)38)18-26-20(2)17-21(3)34-31(26)37/h13,16-17,19,24H,8-12,14-15,18H2,1-7H3,(H,34,37)/t24-,33-/m1/s1. The predicted molar refractivity (Wildman–Crippen MR) is 160 cm³/mol. The summed E-state index contributed by atoms with van der Waals surface area (Å²) in [6.45, 7) is 10.7. The van der Waals surface area contributed by atoms with Crippen molar-refractivity contribution in [2.24, 2.45) is 0 Å². The number of carbonyl (C=O) groups excluding carboxylic acids is 1. The molecule has 0 radical (unpaired) electrons. The molecule has 0 bridgehead atoms. The molecule has 0 saturated carbocycles. The second-order valence-corrected chi connectivity index (χ2v) is 12.1. The van der Waals surface area contributed by atoms with Gasteiger partial charge in [0, 0.05) is 53.9 Å². The minimum atomic E-state index is -0.826. The number of furan rings is 1. The third-order valence-corrected chi connectivity index (χ3v) is 8.69. The monoisotopic (exact) mass is 561 g/mol. The molecule has 0 unspecified atom stereocenters. The molecule has 2 atom stereocenters. The van der Waals surface area contributed by atoms with Gasteiger partial charge in [0.2, 0.25) is 5.79 Å². The zero-order valence-electron chi connectivity index (χ0n) is 25.5. The first-order chi connectivity index (χ1) is 19.5. The van der Waals surface area contributed by atoms with E-state index < -0.39 is 5.79 Å². The van der Waals surface area contributed by atoms with E-state index in [-0.39, 0.29) is 18.0 Å². The number of carbonyl (C=O) groups is 1. The number of hydrogen-bond donors (Lipinski definition) is 1. The van der Waals surface area contributed by atoms with Crippen molar-refractivity contribution in [3.05, 3.63) is 68.5 Å². The number of benzene rings is 1. The van der Waals surface area contributed by atoms with Crippen molar-refractivity contribution >= 4 is 5.91 Å². The Bertz CT molecular complexity index is 1490. The van der Waals surface area contributed by atoms with Crippen molar-refractivity contribution in [3.8, 4) is 22.6 Å². The van der Waals surface area contributed by atoms with Crippen LogP contribution in [0.2, 0.25) is 0 Å². The number of pyridine rings is 1. The van der Waals surface area contributed by atoms with E-state index >= 15 is 0 Å². The molecule has 2 aliphatic heterocycles. The van der Waals surface area contributed by atoms with E-state index in [0.717, 1.165) is 65.6 Å². The van der Waals surface area contributed by atoms with Crippen LogP contribution in [0.3, 0.4) is 0 Å². The Balaban J connectivity index is 1.48. The zero-order valence-corrected chi connectivity index (χ0v) is 25.5. The lowest BCUT2D eigenvalue weighted by Gasteiger charge is -2.31. The summed E-state index contributed by atoms with van der Waals surface area (Å²) >= 11 is 0. The van der Waals surface area contributed by atoms with Gasteiger partial charge < -0.3 is 28.7 Å². The van der Waals surface area contributed by atoms with Crippen molar-refractivity contribution in [2.75, 3.05) is 20.6 Å². The highest BCUT2D eigenvalue weighted by Gasteiger charge is 2.43. The van der Waals surface area contributed by atoms with Crippen LogP contribution in [0.1, 0.15) is 84.3 Å². The van der Waals surface area contributed by atoms with Gasteiger partial charge >= 0.3 is 0 Å². The van der Waals surface area contributed by atoms with E-state index in [1.54, 1.807) is 17.4 Å². The summed E-state index contributed by atoms with van der Waals surface area (Å²) in [7, 11) is 4.28. The van der Waals surface area contributed by atoms with Gasteiger partial charge in [0.1, 0.15) is 0 Å². The maximum absolute atomic E-state index is 14.1. The molecule has 4 heterocycles. The molecule has 8 nitrogen and oxygen atoms in total. The van der Waals surface area contributed by atoms with Crippen LogP contribution >= 0.6 is 0 Å². The van der Waals surface area contributed by atoms with Gasteiger partial charge in [-0.25, -0.2) is 0 Å². The van der Waals surface area contributed by atoms with Crippen LogP contribution in [0.5, 0.6) is 11.5 Å². The molecule has 0 saturated heterocycles. The summed E-state index contributed by atoms with van der Waals surface area (Å²) in [6.07, 6.45) is 9.05. The van der Waals surface area contributed by atoms with Crippen molar-refractivity contribution in [1.82, 2.24) is 14.8 Å². The Morgan fingerprint density at radius 3 is 2.51 bits per heavy atom. The molecule has 41 heavy (non-hydrogen) atoms. The first-order valence-corrected chi connectivity index (χ1v) is 14.8. The van der Waals surface area contributed by atoms with Crippen LogP contribution in [0.25, 0.3) is 11.1 Å². The molecule has 0 fully saturated rings. The van der Waals surface area contributed by atoms with E-state index in [0.29, 0.717) is 41.6 Å². The highest BCUT2D eigenvalue weighted by Crippen LogP contribution is 2.53. The third-order valence-electron chi connectivity index (χ3n) is 8.69. The summed E-state index contributed by atoms with van der Waals surface area (Å²) in [5, 5.41) is 0. The number of hydrogen-bond acceptors (Lipinski definition) is 6. The highest BCUT2D eigenvalue weighted by molar-refractivity contribution is 6.02. The molecule has 5 rings (SSSR count). The Labute approximate surface area is 242 Å². The maximum Gasteiger partial charge on any atom is 0.254 e. The number of nitrogens with one attached hydrogen (secondary N) is 1. The molecule has 2 aromatic heterocycles. The summed E-state index contributed by atoms with van der Waals surface area (Å²) in [5.41, 5.74) is 6.27. The molecule has 3 aromatic rings. The van der Waals surface area contributed by atoms with Crippen LogP contribution in [0, 0.1) is 20.8 Å². The fourth-order valence-corrected chi connectivity index (χ4v) is 6.49. The van der Waals surface area contributed by atoms with Gasteiger partial charge in [0.25, 0.3) is 11.5 Å². The molecule has 220 valence electrons. The lowest BCUT2D eigenvalue weighted by atomic mass is 9.86. The normalized spacial score (nSPS) is 18.7. The Morgan fingerprint density at radius 1 is 1.10 bits per heavy atom. The summed E-state index contributed by atoms with van der Waals surface area (Å²) in [5.74, 6) is 0.393. The second-order valence-electron chi connectivity index (χ2n) is 12.1. The summed E-state index contributed by atoms with van der Waals surface area (Å²) in [6, 6.07) is 4.38. The average Bonchev–Trinajstić information content (AvgIpc) is 3.55.